The van der Waals surface area contributed by atoms with Crippen molar-refractivity contribution in [3.05, 3.63) is 23.8 Å². The molecule has 120 valence electrons. The van der Waals surface area contributed by atoms with E-state index >= 15 is 0 Å². The van der Waals surface area contributed by atoms with Crippen molar-refractivity contribution >= 4 is 18.0 Å². The molecule has 0 saturated heterocycles. The van der Waals surface area contributed by atoms with Crippen molar-refractivity contribution in [1.82, 2.24) is 10.7 Å². The van der Waals surface area contributed by atoms with Crippen LogP contribution in [0.2, 0.25) is 0 Å². The van der Waals surface area contributed by atoms with Gasteiger partial charge in [0.2, 0.25) is 0 Å². The molecular weight excluding hydrogens is 290 g/mol. The van der Waals surface area contributed by atoms with Crippen LogP contribution in [0.25, 0.3) is 0 Å². The molecule has 0 aromatic heterocycles. The molecule has 8 nitrogen and oxygen atoms in total. The third-order valence-electron chi connectivity index (χ3n) is 2.59. The third-order valence-corrected chi connectivity index (χ3v) is 2.59. The zero-order valence-corrected chi connectivity index (χ0v) is 12.7. The van der Waals surface area contributed by atoms with Crippen molar-refractivity contribution in [3.63, 3.8) is 0 Å². The van der Waals surface area contributed by atoms with E-state index < -0.39 is 11.8 Å². The van der Waals surface area contributed by atoms with Crippen LogP contribution in [0.5, 0.6) is 11.5 Å². The fraction of sp³-hybridized carbons (Fsp3) is 0.357. The van der Waals surface area contributed by atoms with E-state index in [9.17, 15) is 9.59 Å². The first-order valence-corrected chi connectivity index (χ1v) is 6.44. The number of methoxy groups -OCH3 is 3. The minimum absolute atomic E-state index is 0.252. The van der Waals surface area contributed by atoms with E-state index in [1.807, 2.05) is 0 Å². The standard InChI is InChI=1S/C14H19N3O5/c1-20-7-6-15-13(18)14(19)17-16-9-10-4-5-11(21-2)12(8-10)22-3/h4-5,8-9H,6-7H2,1-3H3,(H,15,18)(H,17,19)/b16-9+. The van der Waals surface area contributed by atoms with Crippen molar-refractivity contribution in [2.75, 3.05) is 34.5 Å². The number of carbonyl (C=O) groups excluding carboxylic acids is 2. The Balaban J connectivity index is 2.55. The summed E-state index contributed by atoms with van der Waals surface area (Å²) in [5.74, 6) is -0.509. The molecule has 0 saturated carbocycles. The van der Waals surface area contributed by atoms with Gasteiger partial charge < -0.3 is 19.5 Å². The molecule has 0 atom stereocenters. The van der Waals surface area contributed by atoms with Crippen LogP contribution >= 0.6 is 0 Å². The number of amides is 2. The van der Waals surface area contributed by atoms with Gasteiger partial charge in [-0.1, -0.05) is 0 Å². The fourth-order valence-electron chi connectivity index (χ4n) is 1.50. The Labute approximate surface area is 128 Å². The van der Waals surface area contributed by atoms with Crippen LogP contribution in [0.15, 0.2) is 23.3 Å². The smallest absolute Gasteiger partial charge is 0.329 e. The average Bonchev–Trinajstić information content (AvgIpc) is 2.54. The van der Waals surface area contributed by atoms with E-state index in [4.69, 9.17) is 14.2 Å². The number of ether oxygens (including phenoxy) is 3. The topological polar surface area (TPSA) is 98.2 Å². The Hall–Kier alpha value is -2.61. The highest BCUT2D eigenvalue weighted by Gasteiger charge is 2.11. The lowest BCUT2D eigenvalue weighted by Gasteiger charge is -2.07. The number of nitrogens with zero attached hydrogens (tertiary/aromatic N) is 1. The van der Waals surface area contributed by atoms with Gasteiger partial charge in [-0.2, -0.15) is 5.10 Å². The highest BCUT2D eigenvalue weighted by molar-refractivity contribution is 6.35. The summed E-state index contributed by atoms with van der Waals surface area (Å²) in [7, 11) is 4.55. The van der Waals surface area contributed by atoms with Crippen molar-refractivity contribution in [1.29, 1.82) is 0 Å². The molecule has 0 aliphatic heterocycles. The molecule has 1 aromatic rings. The van der Waals surface area contributed by atoms with Crippen LogP contribution in [-0.4, -0.2) is 52.5 Å². The van der Waals surface area contributed by atoms with Crippen LogP contribution in [0.4, 0.5) is 0 Å². The lowest BCUT2D eigenvalue weighted by Crippen LogP contribution is -2.39. The normalized spacial score (nSPS) is 10.3. The largest absolute Gasteiger partial charge is 0.493 e. The predicted molar refractivity (Wildman–Crippen MR) is 80.2 cm³/mol. The first kappa shape index (κ1) is 17.4. The van der Waals surface area contributed by atoms with Gasteiger partial charge in [0, 0.05) is 13.7 Å². The van der Waals surface area contributed by atoms with Gasteiger partial charge in [-0.3, -0.25) is 9.59 Å². The summed E-state index contributed by atoms with van der Waals surface area (Å²) in [5.41, 5.74) is 2.81. The lowest BCUT2D eigenvalue weighted by atomic mass is 10.2. The van der Waals surface area contributed by atoms with Crippen LogP contribution in [0, 0.1) is 0 Å². The summed E-state index contributed by atoms with van der Waals surface area (Å²) in [6, 6.07) is 5.13. The minimum Gasteiger partial charge on any atom is -0.493 e. The average molecular weight is 309 g/mol. The maximum Gasteiger partial charge on any atom is 0.329 e. The van der Waals surface area contributed by atoms with Crippen LogP contribution in [0.3, 0.4) is 0 Å². The highest BCUT2D eigenvalue weighted by atomic mass is 16.5. The fourth-order valence-corrected chi connectivity index (χ4v) is 1.50. The van der Waals surface area contributed by atoms with Crippen LogP contribution in [0.1, 0.15) is 5.56 Å². The molecule has 0 bridgehead atoms. The Morgan fingerprint density at radius 1 is 1.14 bits per heavy atom. The molecule has 22 heavy (non-hydrogen) atoms. The van der Waals surface area contributed by atoms with Crippen LogP contribution < -0.4 is 20.2 Å². The molecule has 0 heterocycles. The van der Waals surface area contributed by atoms with Crippen molar-refractivity contribution in [3.8, 4) is 11.5 Å². The summed E-state index contributed by atoms with van der Waals surface area (Å²) in [6.45, 7) is 0.579. The molecule has 8 heteroatoms. The molecule has 0 radical (unpaired) electrons. The Kier molecular flexibility index (Phi) is 7.41. The molecule has 1 aromatic carbocycles. The van der Waals surface area contributed by atoms with E-state index in [-0.39, 0.29) is 6.54 Å². The molecule has 2 amide bonds. The number of hydrogen-bond acceptors (Lipinski definition) is 6. The first-order valence-electron chi connectivity index (χ1n) is 6.44. The van der Waals surface area contributed by atoms with E-state index in [0.717, 1.165) is 0 Å². The Bertz CT molecular complexity index is 545. The van der Waals surface area contributed by atoms with Gasteiger partial charge in [0.05, 0.1) is 27.0 Å². The summed E-state index contributed by atoms with van der Waals surface area (Å²) in [6.07, 6.45) is 1.39. The second-order valence-electron chi connectivity index (χ2n) is 4.06. The number of nitrogens with one attached hydrogen (secondary N) is 2. The highest BCUT2D eigenvalue weighted by Crippen LogP contribution is 2.26. The molecular formula is C14H19N3O5. The second-order valence-corrected chi connectivity index (χ2v) is 4.06. The third kappa shape index (κ3) is 5.41. The molecule has 2 N–H and O–H groups in total. The molecule has 1 rings (SSSR count). The SMILES string of the molecule is COCCNC(=O)C(=O)N/N=C/c1ccc(OC)c(OC)c1. The van der Waals surface area contributed by atoms with Crippen molar-refractivity contribution in [2.24, 2.45) is 5.10 Å². The zero-order chi connectivity index (χ0) is 16.4. The lowest BCUT2D eigenvalue weighted by molar-refractivity contribution is -0.139. The number of carbonyl (C=O) groups is 2. The maximum atomic E-state index is 11.4. The van der Waals surface area contributed by atoms with Crippen LogP contribution in [-0.2, 0) is 14.3 Å². The van der Waals surface area contributed by atoms with E-state index in [0.29, 0.717) is 23.7 Å². The van der Waals surface area contributed by atoms with Gasteiger partial charge in [-0.05, 0) is 23.8 Å². The molecule has 0 aliphatic rings. The number of hydrogen-bond donors (Lipinski definition) is 2. The Morgan fingerprint density at radius 2 is 1.86 bits per heavy atom. The Morgan fingerprint density at radius 3 is 2.50 bits per heavy atom. The van der Waals surface area contributed by atoms with Crippen molar-refractivity contribution in [2.45, 2.75) is 0 Å². The van der Waals surface area contributed by atoms with Crippen molar-refractivity contribution < 1.29 is 23.8 Å². The summed E-state index contributed by atoms with van der Waals surface area (Å²) >= 11 is 0. The summed E-state index contributed by atoms with van der Waals surface area (Å²) in [4.78, 5) is 22.8. The number of benzene rings is 1. The minimum atomic E-state index is -0.854. The van der Waals surface area contributed by atoms with Gasteiger partial charge in [0.25, 0.3) is 0 Å². The van der Waals surface area contributed by atoms with E-state index in [1.165, 1.54) is 27.5 Å². The number of hydrazone groups is 1. The van der Waals surface area contributed by atoms with Gasteiger partial charge in [-0.15, -0.1) is 0 Å². The first-order chi connectivity index (χ1) is 10.6. The predicted octanol–water partition coefficient (Wildman–Crippen LogP) is -0.0835. The molecule has 0 fully saturated rings. The van der Waals surface area contributed by atoms with Gasteiger partial charge in [0.1, 0.15) is 0 Å². The van der Waals surface area contributed by atoms with Gasteiger partial charge >= 0.3 is 11.8 Å². The summed E-state index contributed by atoms with van der Waals surface area (Å²) in [5, 5.41) is 6.09. The quantitative estimate of drug-likeness (QED) is 0.318. The molecule has 0 aliphatic carbocycles. The number of rotatable bonds is 7. The molecule has 0 unspecified atom stereocenters. The maximum absolute atomic E-state index is 11.4. The van der Waals surface area contributed by atoms with E-state index in [1.54, 1.807) is 18.2 Å². The van der Waals surface area contributed by atoms with Gasteiger partial charge in [0.15, 0.2) is 11.5 Å². The zero-order valence-electron chi connectivity index (χ0n) is 12.7. The second kappa shape index (κ2) is 9.35. The summed E-state index contributed by atoms with van der Waals surface area (Å²) < 4.78 is 15.0. The molecule has 0 spiro atoms. The monoisotopic (exact) mass is 309 g/mol. The van der Waals surface area contributed by atoms with Gasteiger partial charge in [-0.25, -0.2) is 5.43 Å². The van der Waals surface area contributed by atoms with E-state index in [2.05, 4.69) is 15.8 Å².